The van der Waals surface area contributed by atoms with E-state index >= 15 is 0 Å². The lowest BCUT2D eigenvalue weighted by atomic mass is 10.1. The summed E-state index contributed by atoms with van der Waals surface area (Å²) in [6.45, 7) is 2.40. The fourth-order valence-corrected chi connectivity index (χ4v) is 2.78. The van der Waals surface area contributed by atoms with E-state index in [1.165, 1.54) is 0 Å². The number of rotatable bonds is 5. The number of amides is 2. The monoisotopic (exact) mass is 370 g/mol. The number of hydrogen-bond donors (Lipinski definition) is 2. The van der Waals surface area contributed by atoms with Crippen molar-refractivity contribution in [3.05, 3.63) is 47.5 Å². The molecule has 0 fully saturated rings. The zero-order valence-electron chi connectivity index (χ0n) is 14.6. The minimum Gasteiger partial charge on any atom is -0.454 e. The lowest BCUT2D eigenvalue weighted by molar-refractivity contribution is 0.0912. The van der Waals surface area contributed by atoms with Crippen LogP contribution in [0.4, 0.5) is 0 Å². The molecular formula is C19H18N2O6. The second-order valence-corrected chi connectivity index (χ2v) is 6.22. The topological polar surface area (TPSA) is 95.1 Å². The molecule has 2 amide bonds. The van der Waals surface area contributed by atoms with Crippen LogP contribution in [0.1, 0.15) is 27.6 Å². The Morgan fingerprint density at radius 2 is 1.37 bits per heavy atom. The average Bonchev–Trinajstić information content (AvgIpc) is 3.33. The first-order valence-corrected chi connectivity index (χ1v) is 8.48. The number of carbonyl (C=O) groups is 2. The third-order valence-electron chi connectivity index (χ3n) is 4.22. The van der Waals surface area contributed by atoms with Gasteiger partial charge in [-0.2, -0.15) is 0 Å². The van der Waals surface area contributed by atoms with E-state index in [0.29, 0.717) is 34.1 Å². The fraction of sp³-hybridized carbons (Fsp3) is 0.263. The summed E-state index contributed by atoms with van der Waals surface area (Å²) >= 11 is 0. The van der Waals surface area contributed by atoms with Gasteiger partial charge in [-0.3, -0.25) is 9.59 Å². The van der Waals surface area contributed by atoms with Gasteiger partial charge in [0.05, 0.1) is 0 Å². The van der Waals surface area contributed by atoms with Crippen LogP contribution in [0.2, 0.25) is 0 Å². The number of ether oxygens (including phenoxy) is 4. The fourth-order valence-electron chi connectivity index (χ4n) is 2.78. The molecule has 0 saturated heterocycles. The van der Waals surface area contributed by atoms with Crippen molar-refractivity contribution >= 4 is 11.8 Å². The predicted octanol–water partition coefficient (Wildman–Crippen LogP) is 1.69. The van der Waals surface area contributed by atoms with Gasteiger partial charge in [-0.1, -0.05) is 0 Å². The second kappa shape index (κ2) is 7.06. The third-order valence-corrected chi connectivity index (χ3v) is 4.22. The van der Waals surface area contributed by atoms with E-state index < -0.39 is 0 Å². The highest BCUT2D eigenvalue weighted by atomic mass is 16.7. The van der Waals surface area contributed by atoms with E-state index in [-0.39, 0.29) is 38.0 Å². The Balaban J connectivity index is 1.31. The normalized spacial score (nSPS) is 14.6. The SMILES string of the molecule is C[C@H](CNC(=O)c1ccc2c(c1)OCO2)NC(=O)c1ccc2c(c1)OCO2. The van der Waals surface area contributed by atoms with Crippen molar-refractivity contribution in [2.24, 2.45) is 0 Å². The summed E-state index contributed by atoms with van der Waals surface area (Å²) < 4.78 is 21.0. The molecule has 2 aromatic rings. The summed E-state index contributed by atoms with van der Waals surface area (Å²) in [5.74, 6) is 1.83. The summed E-state index contributed by atoms with van der Waals surface area (Å²) in [7, 11) is 0. The van der Waals surface area contributed by atoms with E-state index in [1.807, 2.05) is 6.92 Å². The number of hydrogen-bond acceptors (Lipinski definition) is 6. The van der Waals surface area contributed by atoms with E-state index in [4.69, 9.17) is 18.9 Å². The Morgan fingerprint density at radius 3 is 1.96 bits per heavy atom. The molecule has 27 heavy (non-hydrogen) atoms. The third kappa shape index (κ3) is 3.59. The van der Waals surface area contributed by atoms with Crippen molar-refractivity contribution < 1.29 is 28.5 Å². The first-order chi connectivity index (χ1) is 13.1. The maximum absolute atomic E-state index is 12.3. The van der Waals surface area contributed by atoms with Gasteiger partial charge in [0.1, 0.15) is 0 Å². The molecule has 0 radical (unpaired) electrons. The standard InChI is InChI=1S/C19H18N2O6/c1-11(21-19(23)13-3-5-15-17(7-13)27-10-25-15)8-20-18(22)12-2-4-14-16(6-12)26-9-24-14/h2-7,11H,8-10H2,1H3,(H,20,22)(H,21,23)/t11-/m1/s1. The number of benzene rings is 2. The van der Waals surface area contributed by atoms with Crippen LogP contribution in [0.15, 0.2) is 36.4 Å². The smallest absolute Gasteiger partial charge is 0.251 e. The van der Waals surface area contributed by atoms with Gasteiger partial charge < -0.3 is 29.6 Å². The Kier molecular flexibility index (Phi) is 4.45. The molecule has 1 atom stereocenters. The van der Waals surface area contributed by atoms with Crippen molar-refractivity contribution in [1.29, 1.82) is 0 Å². The molecule has 8 nitrogen and oxygen atoms in total. The van der Waals surface area contributed by atoms with Crippen molar-refractivity contribution in [1.82, 2.24) is 10.6 Å². The summed E-state index contributed by atoms with van der Waals surface area (Å²) in [6.07, 6.45) is 0. The molecule has 140 valence electrons. The zero-order valence-corrected chi connectivity index (χ0v) is 14.6. The van der Waals surface area contributed by atoms with Gasteiger partial charge in [-0.15, -0.1) is 0 Å². The van der Waals surface area contributed by atoms with Gasteiger partial charge in [-0.25, -0.2) is 0 Å². The predicted molar refractivity (Wildman–Crippen MR) is 94.4 cm³/mol. The van der Waals surface area contributed by atoms with Gasteiger partial charge in [-0.05, 0) is 43.3 Å². The number of fused-ring (bicyclic) bond motifs is 2. The average molecular weight is 370 g/mol. The lowest BCUT2D eigenvalue weighted by Gasteiger charge is -2.15. The molecule has 2 aliphatic rings. The highest BCUT2D eigenvalue weighted by molar-refractivity contribution is 5.96. The first-order valence-electron chi connectivity index (χ1n) is 8.48. The number of carbonyl (C=O) groups excluding carboxylic acids is 2. The van der Waals surface area contributed by atoms with Crippen molar-refractivity contribution in [3.8, 4) is 23.0 Å². The summed E-state index contributed by atoms with van der Waals surface area (Å²) in [5, 5.41) is 5.63. The lowest BCUT2D eigenvalue weighted by Crippen LogP contribution is -2.41. The Labute approximate surface area is 155 Å². The van der Waals surface area contributed by atoms with E-state index in [9.17, 15) is 9.59 Å². The molecule has 0 aliphatic carbocycles. The quantitative estimate of drug-likeness (QED) is 0.832. The van der Waals surface area contributed by atoms with Crippen LogP contribution in [0.3, 0.4) is 0 Å². The van der Waals surface area contributed by atoms with Gasteiger partial charge >= 0.3 is 0 Å². The van der Waals surface area contributed by atoms with Crippen LogP contribution in [0.5, 0.6) is 23.0 Å². The molecule has 0 spiro atoms. The Morgan fingerprint density at radius 1 is 0.852 bits per heavy atom. The maximum Gasteiger partial charge on any atom is 0.251 e. The molecule has 0 aromatic heterocycles. The van der Waals surface area contributed by atoms with Crippen molar-refractivity contribution in [2.75, 3.05) is 20.1 Å². The minimum atomic E-state index is -0.263. The van der Waals surface area contributed by atoms with Gasteiger partial charge in [0.2, 0.25) is 13.6 Å². The van der Waals surface area contributed by atoms with Gasteiger partial charge in [0.25, 0.3) is 11.8 Å². The summed E-state index contributed by atoms with van der Waals surface area (Å²) in [4.78, 5) is 24.6. The maximum atomic E-state index is 12.3. The van der Waals surface area contributed by atoms with Crippen LogP contribution < -0.4 is 29.6 Å². The van der Waals surface area contributed by atoms with Crippen LogP contribution >= 0.6 is 0 Å². The molecule has 4 rings (SSSR count). The van der Waals surface area contributed by atoms with Gasteiger partial charge in [0.15, 0.2) is 23.0 Å². The molecule has 0 bridgehead atoms. The summed E-state index contributed by atoms with van der Waals surface area (Å²) in [5.41, 5.74) is 0.932. The highest BCUT2D eigenvalue weighted by Crippen LogP contribution is 2.33. The van der Waals surface area contributed by atoms with Crippen LogP contribution in [0.25, 0.3) is 0 Å². The molecule has 2 aliphatic heterocycles. The number of nitrogens with one attached hydrogen (secondary N) is 2. The molecule has 0 unspecified atom stereocenters. The van der Waals surface area contributed by atoms with Crippen molar-refractivity contribution in [2.45, 2.75) is 13.0 Å². The second-order valence-electron chi connectivity index (χ2n) is 6.22. The minimum absolute atomic E-state index is 0.155. The Bertz CT molecular complexity index is 898. The largest absolute Gasteiger partial charge is 0.454 e. The molecule has 2 N–H and O–H groups in total. The van der Waals surface area contributed by atoms with E-state index in [2.05, 4.69) is 10.6 Å². The highest BCUT2D eigenvalue weighted by Gasteiger charge is 2.19. The molecule has 8 heteroatoms. The summed E-state index contributed by atoms with van der Waals surface area (Å²) in [6, 6.07) is 9.73. The molecule has 2 heterocycles. The zero-order chi connectivity index (χ0) is 18.8. The van der Waals surface area contributed by atoms with Crippen molar-refractivity contribution in [3.63, 3.8) is 0 Å². The molecule has 0 saturated carbocycles. The first kappa shape index (κ1) is 17.0. The molecule has 2 aromatic carbocycles. The van der Waals surface area contributed by atoms with Crippen LogP contribution in [-0.4, -0.2) is 38.0 Å². The van der Waals surface area contributed by atoms with Crippen LogP contribution in [-0.2, 0) is 0 Å². The molecular weight excluding hydrogens is 352 g/mol. The Hall–Kier alpha value is -3.42. The van der Waals surface area contributed by atoms with Gasteiger partial charge in [0, 0.05) is 23.7 Å². The van der Waals surface area contributed by atoms with E-state index in [1.54, 1.807) is 36.4 Å². The van der Waals surface area contributed by atoms with Crippen LogP contribution in [0, 0.1) is 0 Å². The van der Waals surface area contributed by atoms with E-state index in [0.717, 1.165) is 0 Å².